The molecule has 0 atom stereocenters. The number of para-hydroxylation sites is 1. The third-order valence-electron chi connectivity index (χ3n) is 4.28. The van der Waals surface area contributed by atoms with E-state index in [1.165, 1.54) is 4.68 Å². The largest absolute Gasteiger partial charge is 0.497 e. The van der Waals surface area contributed by atoms with Crippen LogP contribution in [0.2, 0.25) is 0 Å². The number of azo groups is 1. The lowest BCUT2D eigenvalue weighted by Crippen LogP contribution is -2.13. The van der Waals surface area contributed by atoms with E-state index in [1.54, 1.807) is 7.11 Å². The van der Waals surface area contributed by atoms with E-state index in [2.05, 4.69) is 15.3 Å². The minimum absolute atomic E-state index is 0.248. The lowest BCUT2D eigenvalue weighted by Gasteiger charge is -2.03. The van der Waals surface area contributed by atoms with Gasteiger partial charge in [0.15, 0.2) is 5.69 Å². The lowest BCUT2D eigenvalue weighted by molar-refractivity contribution is 0.415. The molecule has 0 unspecified atom stereocenters. The first-order chi connectivity index (χ1) is 13.8. The minimum Gasteiger partial charge on any atom is -0.497 e. The Morgan fingerprint density at radius 3 is 2.11 bits per heavy atom. The van der Waals surface area contributed by atoms with Crippen molar-refractivity contribution in [1.29, 1.82) is 0 Å². The quantitative estimate of drug-likeness (QED) is 0.487. The van der Waals surface area contributed by atoms with Gasteiger partial charge in [0.25, 0.3) is 5.56 Å². The van der Waals surface area contributed by atoms with E-state index in [1.807, 2.05) is 84.9 Å². The molecular formula is C22H18N4O2. The molecule has 0 saturated heterocycles. The molecule has 0 spiro atoms. The molecule has 1 aromatic heterocycles. The molecule has 28 heavy (non-hydrogen) atoms. The van der Waals surface area contributed by atoms with Crippen LogP contribution in [-0.2, 0) is 0 Å². The molecule has 0 aliphatic heterocycles. The van der Waals surface area contributed by atoms with Gasteiger partial charge < -0.3 is 4.74 Å². The van der Waals surface area contributed by atoms with Crippen molar-refractivity contribution in [1.82, 2.24) is 9.78 Å². The number of ether oxygens (including phenoxy) is 1. The molecule has 3 aromatic carbocycles. The van der Waals surface area contributed by atoms with Crippen molar-refractivity contribution in [2.75, 3.05) is 7.11 Å². The van der Waals surface area contributed by atoms with Crippen molar-refractivity contribution in [2.24, 2.45) is 10.2 Å². The average Bonchev–Trinajstić information content (AvgIpc) is 3.10. The molecule has 0 aliphatic carbocycles. The molecular weight excluding hydrogens is 352 g/mol. The SMILES string of the molecule is COc1ccc(-c2[nH]n(-c3ccccc3)c(=O)c2N=Nc2ccccc2)cc1. The maximum absolute atomic E-state index is 13.1. The molecule has 6 nitrogen and oxygen atoms in total. The number of nitrogens with one attached hydrogen (secondary N) is 1. The maximum Gasteiger partial charge on any atom is 0.299 e. The molecule has 0 radical (unpaired) electrons. The van der Waals surface area contributed by atoms with Gasteiger partial charge in [0.2, 0.25) is 0 Å². The average molecular weight is 370 g/mol. The second-order valence-corrected chi connectivity index (χ2v) is 6.08. The smallest absolute Gasteiger partial charge is 0.299 e. The first-order valence-corrected chi connectivity index (χ1v) is 8.78. The number of H-pyrrole nitrogens is 1. The Morgan fingerprint density at radius 1 is 0.821 bits per heavy atom. The number of aromatic amines is 1. The van der Waals surface area contributed by atoms with Gasteiger partial charge in [-0.2, -0.15) is 5.11 Å². The predicted octanol–water partition coefficient (Wildman–Crippen LogP) is 5.26. The molecule has 0 saturated carbocycles. The summed E-state index contributed by atoms with van der Waals surface area (Å²) in [7, 11) is 1.61. The number of hydrogen-bond donors (Lipinski definition) is 1. The predicted molar refractivity (Wildman–Crippen MR) is 109 cm³/mol. The molecule has 6 heteroatoms. The van der Waals surface area contributed by atoms with Crippen molar-refractivity contribution in [2.45, 2.75) is 0 Å². The third kappa shape index (κ3) is 3.48. The summed E-state index contributed by atoms with van der Waals surface area (Å²) in [4.78, 5) is 13.1. The zero-order chi connectivity index (χ0) is 19.3. The van der Waals surface area contributed by atoms with Crippen LogP contribution in [0.3, 0.4) is 0 Å². The molecule has 4 aromatic rings. The summed E-state index contributed by atoms with van der Waals surface area (Å²) in [6.45, 7) is 0. The molecule has 0 aliphatic rings. The van der Waals surface area contributed by atoms with Crippen molar-refractivity contribution < 1.29 is 4.74 Å². The van der Waals surface area contributed by atoms with Gasteiger partial charge in [-0.15, -0.1) is 5.11 Å². The first kappa shape index (κ1) is 17.5. The van der Waals surface area contributed by atoms with Crippen LogP contribution >= 0.6 is 0 Å². The standard InChI is InChI=1S/C22H18N4O2/c1-28-19-14-12-16(13-15-19)20-21(24-23-17-8-4-2-5-9-17)22(27)26(25-20)18-10-6-3-7-11-18/h2-15,25H,1H3. The molecule has 1 N–H and O–H groups in total. The Bertz CT molecular complexity index is 1140. The molecule has 0 amide bonds. The zero-order valence-corrected chi connectivity index (χ0v) is 15.2. The lowest BCUT2D eigenvalue weighted by atomic mass is 10.1. The van der Waals surface area contributed by atoms with E-state index in [0.29, 0.717) is 11.4 Å². The van der Waals surface area contributed by atoms with Crippen LogP contribution in [0.25, 0.3) is 16.9 Å². The van der Waals surface area contributed by atoms with Crippen LogP contribution in [0.1, 0.15) is 0 Å². The van der Waals surface area contributed by atoms with E-state index in [0.717, 1.165) is 17.0 Å². The summed E-state index contributed by atoms with van der Waals surface area (Å²) in [6, 6.07) is 26.1. The van der Waals surface area contributed by atoms with Gasteiger partial charge in [0.1, 0.15) is 5.75 Å². The number of aromatic nitrogens is 2. The second kappa shape index (κ2) is 7.75. The highest BCUT2D eigenvalue weighted by molar-refractivity contribution is 5.72. The Kier molecular flexibility index (Phi) is 4.84. The van der Waals surface area contributed by atoms with E-state index >= 15 is 0 Å². The van der Waals surface area contributed by atoms with Gasteiger partial charge in [-0.3, -0.25) is 9.89 Å². The van der Waals surface area contributed by atoms with Crippen LogP contribution in [0.5, 0.6) is 5.75 Å². The summed E-state index contributed by atoms with van der Waals surface area (Å²) >= 11 is 0. The van der Waals surface area contributed by atoms with E-state index in [4.69, 9.17) is 4.74 Å². The molecule has 4 rings (SSSR count). The number of benzene rings is 3. The minimum atomic E-state index is -0.267. The molecule has 0 bridgehead atoms. The fraction of sp³-hybridized carbons (Fsp3) is 0.0455. The highest BCUT2D eigenvalue weighted by Gasteiger charge is 2.17. The van der Waals surface area contributed by atoms with E-state index in [-0.39, 0.29) is 11.2 Å². The highest BCUT2D eigenvalue weighted by Crippen LogP contribution is 2.29. The third-order valence-corrected chi connectivity index (χ3v) is 4.28. The van der Waals surface area contributed by atoms with Crippen molar-refractivity contribution in [3.63, 3.8) is 0 Å². The molecule has 1 heterocycles. The first-order valence-electron chi connectivity index (χ1n) is 8.78. The van der Waals surface area contributed by atoms with Gasteiger partial charge in [-0.1, -0.05) is 36.4 Å². The summed E-state index contributed by atoms with van der Waals surface area (Å²) in [5.74, 6) is 0.737. The zero-order valence-electron chi connectivity index (χ0n) is 15.2. The summed E-state index contributed by atoms with van der Waals surface area (Å²) in [5, 5.41) is 11.7. The number of hydrogen-bond acceptors (Lipinski definition) is 4. The normalized spacial score (nSPS) is 11.0. The van der Waals surface area contributed by atoms with Gasteiger partial charge in [0.05, 0.1) is 24.2 Å². The van der Waals surface area contributed by atoms with Crippen LogP contribution in [0, 0.1) is 0 Å². The summed E-state index contributed by atoms with van der Waals surface area (Å²) in [6.07, 6.45) is 0. The second-order valence-electron chi connectivity index (χ2n) is 6.08. The summed E-state index contributed by atoms with van der Waals surface area (Å²) in [5.41, 5.74) is 2.79. The monoisotopic (exact) mass is 370 g/mol. The summed E-state index contributed by atoms with van der Waals surface area (Å²) < 4.78 is 6.69. The Labute approximate surface area is 161 Å². The van der Waals surface area contributed by atoms with Gasteiger partial charge in [-0.05, 0) is 48.5 Å². The fourth-order valence-electron chi connectivity index (χ4n) is 2.84. The van der Waals surface area contributed by atoms with Crippen LogP contribution in [-0.4, -0.2) is 16.9 Å². The van der Waals surface area contributed by atoms with E-state index < -0.39 is 0 Å². The number of methoxy groups -OCH3 is 1. The Hall–Kier alpha value is -3.93. The Morgan fingerprint density at radius 2 is 1.46 bits per heavy atom. The number of nitrogens with zero attached hydrogens (tertiary/aromatic N) is 3. The van der Waals surface area contributed by atoms with Crippen molar-refractivity contribution in [3.8, 4) is 22.7 Å². The van der Waals surface area contributed by atoms with Crippen molar-refractivity contribution in [3.05, 3.63) is 95.3 Å². The topological polar surface area (TPSA) is 71.7 Å². The van der Waals surface area contributed by atoms with Crippen LogP contribution in [0.15, 0.2) is 100.0 Å². The highest BCUT2D eigenvalue weighted by atomic mass is 16.5. The fourth-order valence-corrected chi connectivity index (χ4v) is 2.84. The molecule has 0 fully saturated rings. The van der Waals surface area contributed by atoms with Crippen LogP contribution < -0.4 is 10.3 Å². The van der Waals surface area contributed by atoms with E-state index in [9.17, 15) is 4.79 Å². The Balaban J connectivity index is 1.85. The van der Waals surface area contributed by atoms with Gasteiger partial charge >= 0.3 is 0 Å². The number of rotatable bonds is 5. The van der Waals surface area contributed by atoms with Crippen LogP contribution in [0.4, 0.5) is 11.4 Å². The van der Waals surface area contributed by atoms with Gasteiger partial charge in [0, 0.05) is 5.56 Å². The maximum atomic E-state index is 13.1. The molecule has 138 valence electrons. The van der Waals surface area contributed by atoms with Crippen molar-refractivity contribution >= 4 is 11.4 Å². The van der Waals surface area contributed by atoms with Gasteiger partial charge in [-0.25, -0.2) is 4.68 Å².